The van der Waals surface area contributed by atoms with Gasteiger partial charge >= 0.3 is 11.9 Å². The molecule has 0 radical (unpaired) electrons. The van der Waals surface area contributed by atoms with E-state index in [1.807, 2.05) is 13.8 Å². The predicted molar refractivity (Wildman–Crippen MR) is 195 cm³/mol. The van der Waals surface area contributed by atoms with Gasteiger partial charge in [-0.3, -0.25) is 9.59 Å². The van der Waals surface area contributed by atoms with Crippen LogP contribution in [0.4, 0.5) is 0 Å². The average molecular weight is 633 g/mol. The van der Waals surface area contributed by atoms with E-state index in [2.05, 4.69) is 38.2 Å². The van der Waals surface area contributed by atoms with Crippen molar-refractivity contribution < 1.29 is 19.1 Å². The summed E-state index contributed by atoms with van der Waals surface area (Å²) >= 11 is 0. The Morgan fingerprint density at radius 3 is 1.00 bits per heavy atom. The predicted octanol–water partition coefficient (Wildman–Crippen LogP) is 13.2. The van der Waals surface area contributed by atoms with Crippen LogP contribution in [0.1, 0.15) is 207 Å². The van der Waals surface area contributed by atoms with Crippen molar-refractivity contribution >= 4 is 11.9 Å². The van der Waals surface area contributed by atoms with Crippen LogP contribution in [-0.4, -0.2) is 25.2 Å². The van der Waals surface area contributed by atoms with Crippen molar-refractivity contribution in [2.75, 3.05) is 13.2 Å². The van der Waals surface area contributed by atoms with Crippen LogP contribution < -0.4 is 0 Å². The van der Waals surface area contributed by atoms with Gasteiger partial charge in [0.05, 0.1) is 13.2 Å². The lowest BCUT2D eigenvalue weighted by Crippen LogP contribution is -2.28. The summed E-state index contributed by atoms with van der Waals surface area (Å²) < 4.78 is 11.0. The number of esters is 2. The van der Waals surface area contributed by atoms with Gasteiger partial charge in [0.15, 0.2) is 0 Å². The molecule has 0 saturated heterocycles. The first-order valence-electron chi connectivity index (χ1n) is 19.5. The van der Waals surface area contributed by atoms with Crippen molar-refractivity contribution in [3.05, 3.63) is 24.3 Å². The molecule has 0 amide bonds. The third kappa shape index (κ3) is 35.1. The number of carbonyl (C=O) groups excluding carboxylic acids is 2. The molecule has 45 heavy (non-hydrogen) atoms. The molecular formula is C41H76O4. The lowest BCUT2D eigenvalue weighted by molar-refractivity contribution is -0.152. The summed E-state index contributed by atoms with van der Waals surface area (Å²) in [6.07, 6.45) is 42.8. The summed E-state index contributed by atoms with van der Waals surface area (Å²) in [6, 6.07) is 0. The minimum atomic E-state index is -0.364. The highest BCUT2D eigenvalue weighted by molar-refractivity contribution is 5.69. The highest BCUT2D eigenvalue weighted by Gasteiger charge is 2.22. The molecule has 0 fully saturated rings. The van der Waals surface area contributed by atoms with Crippen LogP contribution in [0.3, 0.4) is 0 Å². The molecule has 0 N–H and O–H groups in total. The minimum Gasteiger partial charge on any atom is -0.465 e. The SMILES string of the molecule is CCCCCCC/C=C/CCCCCCCCC(=O)OCC(C)(C)COC(=O)CCCCCCC/C=C/CCCCCCCC. The number of allylic oxidation sites excluding steroid dienone is 4. The molecule has 0 heterocycles. The monoisotopic (exact) mass is 633 g/mol. The van der Waals surface area contributed by atoms with Gasteiger partial charge in [0, 0.05) is 18.3 Å². The van der Waals surface area contributed by atoms with Crippen molar-refractivity contribution in [2.24, 2.45) is 5.41 Å². The summed E-state index contributed by atoms with van der Waals surface area (Å²) in [5.74, 6) is -0.275. The minimum absolute atomic E-state index is 0.137. The molecule has 0 aliphatic carbocycles. The van der Waals surface area contributed by atoms with Crippen molar-refractivity contribution in [1.82, 2.24) is 0 Å². The largest absolute Gasteiger partial charge is 0.465 e. The first-order valence-corrected chi connectivity index (χ1v) is 19.5. The van der Waals surface area contributed by atoms with Crippen LogP contribution in [0, 0.1) is 5.41 Å². The first kappa shape index (κ1) is 43.4. The standard InChI is InChI=1S/C41H76O4/c1-5-7-9-11-13-15-17-19-21-23-25-27-29-31-33-35-39(42)44-37-41(3,4)38-45-40(43)36-34-32-30-28-26-24-22-20-18-16-14-12-10-8-6-2/h17,19-20,22H,5-16,18,21,23-38H2,1-4H3/b19-17+,22-20+. The highest BCUT2D eigenvalue weighted by atomic mass is 16.5. The molecule has 0 atom stereocenters. The van der Waals surface area contributed by atoms with Gasteiger partial charge in [-0.15, -0.1) is 0 Å². The summed E-state index contributed by atoms with van der Waals surface area (Å²) in [7, 11) is 0. The Balaban J connectivity index is 3.57. The number of carbonyl (C=O) groups is 2. The van der Waals surface area contributed by atoms with Crippen molar-refractivity contribution in [3.8, 4) is 0 Å². The molecule has 4 nitrogen and oxygen atoms in total. The average Bonchev–Trinajstić information content (AvgIpc) is 3.03. The van der Waals surface area contributed by atoms with Crippen molar-refractivity contribution in [1.29, 1.82) is 0 Å². The number of rotatable bonds is 34. The van der Waals surface area contributed by atoms with E-state index < -0.39 is 0 Å². The van der Waals surface area contributed by atoms with Gasteiger partial charge in [0.1, 0.15) is 0 Å². The zero-order valence-electron chi connectivity index (χ0n) is 30.7. The Hall–Kier alpha value is -1.58. The Kier molecular flexibility index (Phi) is 32.6. The van der Waals surface area contributed by atoms with Gasteiger partial charge in [-0.05, 0) is 64.2 Å². The molecule has 264 valence electrons. The fourth-order valence-corrected chi connectivity index (χ4v) is 5.42. The van der Waals surface area contributed by atoms with Gasteiger partial charge in [0.2, 0.25) is 0 Å². The maximum Gasteiger partial charge on any atom is 0.305 e. The summed E-state index contributed by atoms with van der Waals surface area (Å²) in [6.45, 7) is 9.08. The van der Waals surface area contributed by atoms with E-state index in [1.54, 1.807) is 0 Å². The van der Waals surface area contributed by atoms with Crippen LogP contribution in [0.15, 0.2) is 24.3 Å². The zero-order chi connectivity index (χ0) is 33.1. The van der Waals surface area contributed by atoms with Crippen LogP contribution >= 0.6 is 0 Å². The lowest BCUT2D eigenvalue weighted by Gasteiger charge is -2.23. The Morgan fingerprint density at radius 2 is 0.689 bits per heavy atom. The van der Waals surface area contributed by atoms with E-state index >= 15 is 0 Å². The van der Waals surface area contributed by atoms with Gasteiger partial charge in [-0.1, -0.05) is 155 Å². The van der Waals surface area contributed by atoms with Gasteiger partial charge in [-0.2, -0.15) is 0 Å². The Morgan fingerprint density at radius 1 is 0.422 bits per heavy atom. The molecule has 0 saturated carbocycles. The lowest BCUT2D eigenvalue weighted by atomic mass is 9.96. The quantitative estimate of drug-likeness (QED) is 0.0402. The molecule has 4 heteroatoms. The number of hydrogen-bond donors (Lipinski definition) is 0. The number of hydrogen-bond acceptors (Lipinski definition) is 4. The van der Waals surface area contributed by atoms with E-state index in [0.29, 0.717) is 26.1 Å². The fraction of sp³-hybridized carbons (Fsp3) is 0.854. The molecule has 0 unspecified atom stereocenters. The van der Waals surface area contributed by atoms with Crippen molar-refractivity contribution in [2.45, 2.75) is 207 Å². The molecule has 0 aromatic rings. The third-order valence-corrected chi connectivity index (χ3v) is 8.53. The van der Waals surface area contributed by atoms with E-state index in [0.717, 1.165) is 25.7 Å². The highest BCUT2D eigenvalue weighted by Crippen LogP contribution is 2.18. The molecule has 0 aromatic carbocycles. The van der Waals surface area contributed by atoms with Crippen LogP contribution in [0.2, 0.25) is 0 Å². The van der Waals surface area contributed by atoms with Crippen LogP contribution in [-0.2, 0) is 19.1 Å². The number of unbranched alkanes of at least 4 members (excludes halogenated alkanes) is 22. The van der Waals surface area contributed by atoms with Crippen LogP contribution in [0.5, 0.6) is 0 Å². The fourth-order valence-electron chi connectivity index (χ4n) is 5.42. The van der Waals surface area contributed by atoms with E-state index in [1.165, 1.54) is 141 Å². The smallest absolute Gasteiger partial charge is 0.305 e. The molecule has 0 spiro atoms. The van der Waals surface area contributed by atoms with Gasteiger partial charge < -0.3 is 9.47 Å². The first-order chi connectivity index (χ1) is 21.9. The molecular weight excluding hydrogens is 556 g/mol. The number of ether oxygens (including phenoxy) is 2. The summed E-state index contributed by atoms with van der Waals surface area (Å²) in [5.41, 5.74) is -0.364. The second-order valence-corrected chi connectivity index (χ2v) is 14.2. The topological polar surface area (TPSA) is 52.6 Å². The zero-order valence-corrected chi connectivity index (χ0v) is 30.7. The third-order valence-electron chi connectivity index (χ3n) is 8.53. The molecule has 0 aliphatic heterocycles. The molecule has 0 rings (SSSR count). The second-order valence-electron chi connectivity index (χ2n) is 14.2. The van der Waals surface area contributed by atoms with E-state index in [4.69, 9.17) is 9.47 Å². The molecule has 0 bridgehead atoms. The summed E-state index contributed by atoms with van der Waals surface area (Å²) in [5, 5.41) is 0. The van der Waals surface area contributed by atoms with Gasteiger partial charge in [0.25, 0.3) is 0 Å². The van der Waals surface area contributed by atoms with Crippen LogP contribution in [0.25, 0.3) is 0 Å². The normalized spacial score (nSPS) is 12.0. The molecule has 0 aliphatic rings. The van der Waals surface area contributed by atoms with E-state index in [-0.39, 0.29) is 17.4 Å². The maximum absolute atomic E-state index is 12.2. The summed E-state index contributed by atoms with van der Waals surface area (Å²) in [4.78, 5) is 24.4. The molecule has 0 aromatic heterocycles. The Labute approximate surface area is 281 Å². The second kappa shape index (κ2) is 33.8. The van der Waals surface area contributed by atoms with Gasteiger partial charge in [-0.25, -0.2) is 0 Å². The van der Waals surface area contributed by atoms with E-state index in [9.17, 15) is 9.59 Å². The Bertz CT molecular complexity index is 708. The maximum atomic E-state index is 12.2. The van der Waals surface area contributed by atoms with Crippen molar-refractivity contribution in [3.63, 3.8) is 0 Å².